The molecule has 4 aliphatic rings. The molecule has 2 aromatic carbocycles. The highest BCUT2D eigenvalue weighted by atomic mass is 19.4. The minimum Gasteiger partial charge on any atom is -0.356 e. The number of ether oxygens (including phenoxy) is 1. The van der Waals surface area contributed by atoms with Crippen molar-refractivity contribution in [1.29, 1.82) is 0 Å². The van der Waals surface area contributed by atoms with E-state index in [1.165, 1.54) is 0 Å². The summed E-state index contributed by atoms with van der Waals surface area (Å²) in [4.78, 5) is 30.5. The third-order valence-electron chi connectivity index (χ3n) is 9.62. The average Bonchev–Trinajstić information content (AvgIpc) is 3.83. The summed E-state index contributed by atoms with van der Waals surface area (Å²) in [5.74, 6) is -1.69. The summed E-state index contributed by atoms with van der Waals surface area (Å²) < 4.78 is 62.9. The van der Waals surface area contributed by atoms with Crippen molar-refractivity contribution in [2.75, 3.05) is 13.1 Å². The van der Waals surface area contributed by atoms with E-state index in [0.29, 0.717) is 60.1 Å². The molecule has 214 valence electrons. The number of nitrogens with zero attached hydrogens (tertiary/aromatic N) is 2. The Morgan fingerprint density at radius 1 is 1.10 bits per heavy atom. The van der Waals surface area contributed by atoms with Crippen molar-refractivity contribution in [3.05, 3.63) is 76.7 Å². The fourth-order valence-corrected chi connectivity index (χ4v) is 7.01. The fraction of sp³-hybridized carbons (Fsp3) is 0.452. The maximum Gasteiger partial charge on any atom is 0.398 e. The van der Waals surface area contributed by atoms with Crippen LogP contribution in [0.5, 0.6) is 0 Å². The number of halogens is 4. The summed E-state index contributed by atoms with van der Waals surface area (Å²) in [6, 6.07) is 11.9. The van der Waals surface area contributed by atoms with E-state index in [1.54, 1.807) is 48.7 Å². The van der Waals surface area contributed by atoms with Crippen LogP contribution in [0.4, 0.5) is 17.6 Å². The Labute approximate surface area is 234 Å². The molecule has 4 fully saturated rings. The molecule has 4 heterocycles. The number of carbonyl (C=O) groups is 2. The predicted octanol–water partition coefficient (Wildman–Crippen LogP) is 5.38. The van der Waals surface area contributed by atoms with Gasteiger partial charge in [0.1, 0.15) is 17.0 Å². The van der Waals surface area contributed by atoms with Crippen LogP contribution in [0.15, 0.2) is 48.7 Å². The van der Waals surface area contributed by atoms with Gasteiger partial charge in [-0.25, -0.2) is 4.39 Å². The van der Waals surface area contributed by atoms with Gasteiger partial charge in [-0.2, -0.15) is 13.2 Å². The van der Waals surface area contributed by atoms with Crippen LogP contribution >= 0.6 is 0 Å². The predicted molar refractivity (Wildman–Crippen MR) is 141 cm³/mol. The molecule has 2 amide bonds. The molecule has 3 aromatic rings. The second-order valence-electron chi connectivity index (χ2n) is 12.2. The number of hydrogen-bond donors (Lipinski definition) is 1. The Morgan fingerprint density at radius 3 is 2.51 bits per heavy atom. The lowest BCUT2D eigenvalue weighted by molar-refractivity contribution is -0.160. The first-order chi connectivity index (χ1) is 19.4. The summed E-state index contributed by atoms with van der Waals surface area (Å²) in [5.41, 5.74) is -0.351. The standard InChI is InChI=1S/C31H29F4N3O3/c1-28-17-38(16-18-2-4-20(5-3-18)29(10-11-29)31(33,34)35)13-12-30(28,41-28)23-7-8-24-22(26(23)32)14-19(15-36-24)21-6-9-25(39)37-27(21)40/h2-5,7-8,14-15,21H,6,9-13,16-17H2,1H3,(H,37,39,40). The number of nitrogens with one attached hydrogen (secondary N) is 1. The summed E-state index contributed by atoms with van der Waals surface area (Å²) in [5, 5.41) is 2.65. The van der Waals surface area contributed by atoms with Crippen LogP contribution in [0, 0.1) is 5.82 Å². The van der Waals surface area contributed by atoms with Crippen LogP contribution < -0.4 is 5.32 Å². The third-order valence-corrected chi connectivity index (χ3v) is 9.62. The molecule has 0 spiro atoms. The van der Waals surface area contributed by atoms with E-state index < -0.39 is 40.4 Å². The second-order valence-corrected chi connectivity index (χ2v) is 12.2. The number of fused-ring (bicyclic) bond motifs is 2. The van der Waals surface area contributed by atoms with Crippen molar-refractivity contribution in [2.45, 2.75) is 74.3 Å². The lowest BCUT2D eigenvalue weighted by Crippen LogP contribution is -2.44. The van der Waals surface area contributed by atoms with Crippen LogP contribution in [-0.2, 0) is 31.9 Å². The number of benzene rings is 2. The Kier molecular flexibility index (Phi) is 5.70. The Balaban J connectivity index is 1.09. The molecule has 0 radical (unpaired) electrons. The Hall–Kier alpha value is -3.37. The summed E-state index contributed by atoms with van der Waals surface area (Å²) in [6.07, 6.45) is -1.26. The number of epoxide rings is 1. The Bertz CT molecular complexity index is 1590. The van der Waals surface area contributed by atoms with Gasteiger partial charge >= 0.3 is 6.18 Å². The van der Waals surface area contributed by atoms with Crippen LogP contribution in [-0.4, -0.2) is 46.6 Å². The molecule has 1 aliphatic carbocycles. The number of carbonyl (C=O) groups excluding carboxylic acids is 2. The van der Waals surface area contributed by atoms with E-state index in [9.17, 15) is 22.8 Å². The van der Waals surface area contributed by atoms with Crippen molar-refractivity contribution in [3.63, 3.8) is 0 Å². The number of likely N-dealkylation sites (tertiary alicyclic amines) is 1. The number of alkyl halides is 3. The van der Waals surface area contributed by atoms with Crippen molar-refractivity contribution in [3.8, 4) is 0 Å². The largest absolute Gasteiger partial charge is 0.398 e. The number of imide groups is 1. The number of pyridine rings is 1. The van der Waals surface area contributed by atoms with E-state index >= 15 is 4.39 Å². The number of hydrogen-bond acceptors (Lipinski definition) is 5. The number of rotatable bonds is 5. The molecule has 41 heavy (non-hydrogen) atoms. The molecule has 3 aliphatic heterocycles. The average molecular weight is 568 g/mol. The van der Waals surface area contributed by atoms with Crippen molar-refractivity contribution < 1.29 is 31.9 Å². The molecular formula is C31H29F4N3O3. The zero-order valence-electron chi connectivity index (χ0n) is 22.5. The van der Waals surface area contributed by atoms with Crippen LogP contribution in [0.3, 0.4) is 0 Å². The smallest absolute Gasteiger partial charge is 0.356 e. The van der Waals surface area contributed by atoms with Gasteiger partial charge in [-0.15, -0.1) is 0 Å². The van der Waals surface area contributed by atoms with E-state index in [4.69, 9.17) is 4.74 Å². The van der Waals surface area contributed by atoms with Gasteiger partial charge in [0.2, 0.25) is 11.8 Å². The summed E-state index contributed by atoms with van der Waals surface area (Å²) in [6.45, 7) is 3.71. The van der Waals surface area contributed by atoms with E-state index in [0.717, 1.165) is 5.56 Å². The number of amides is 2. The topological polar surface area (TPSA) is 74.8 Å². The van der Waals surface area contributed by atoms with E-state index in [2.05, 4.69) is 15.2 Å². The third kappa shape index (κ3) is 4.09. The second kappa shape index (κ2) is 8.82. The van der Waals surface area contributed by atoms with Crippen molar-refractivity contribution in [2.24, 2.45) is 0 Å². The summed E-state index contributed by atoms with van der Waals surface area (Å²) >= 11 is 0. The fourth-order valence-electron chi connectivity index (χ4n) is 7.01. The first kappa shape index (κ1) is 26.5. The van der Waals surface area contributed by atoms with Gasteiger partial charge in [0.05, 0.1) is 16.8 Å². The first-order valence-electron chi connectivity index (χ1n) is 14.0. The van der Waals surface area contributed by atoms with E-state index in [1.807, 2.05) is 6.92 Å². The molecule has 1 aromatic heterocycles. The van der Waals surface area contributed by atoms with Crippen LogP contribution in [0.25, 0.3) is 10.9 Å². The molecular weight excluding hydrogens is 538 g/mol. The maximum absolute atomic E-state index is 16.1. The molecule has 1 N–H and O–H groups in total. The van der Waals surface area contributed by atoms with Gasteiger partial charge in [0, 0.05) is 43.2 Å². The molecule has 7 rings (SSSR count). The molecule has 10 heteroatoms. The molecule has 0 bridgehead atoms. The highest BCUT2D eigenvalue weighted by Crippen LogP contribution is 2.61. The normalized spacial score (nSPS) is 29.2. The van der Waals surface area contributed by atoms with Crippen LogP contribution in [0.2, 0.25) is 0 Å². The van der Waals surface area contributed by atoms with Crippen LogP contribution in [0.1, 0.15) is 67.2 Å². The highest BCUT2D eigenvalue weighted by molar-refractivity contribution is 6.01. The quantitative estimate of drug-likeness (QED) is 0.255. The number of piperidine rings is 2. The minimum atomic E-state index is -4.23. The van der Waals surface area contributed by atoms with E-state index in [-0.39, 0.29) is 25.2 Å². The maximum atomic E-state index is 16.1. The highest BCUT2D eigenvalue weighted by Gasteiger charge is 2.70. The molecule has 6 nitrogen and oxygen atoms in total. The SMILES string of the molecule is CC12CN(Cc3ccc(C4(C(F)(F)F)CC4)cc3)CCC1(c1ccc3ncc(C4CCC(=O)NC4=O)cc3c1F)O2. The lowest BCUT2D eigenvalue weighted by atomic mass is 9.80. The Morgan fingerprint density at radius 2 is 1.85 bits per heavy atom. The molecule has 3 unspecified atom stereocenters. The van der Waals surface area contributed by atoms with Gasteiger partial charge in [0.25, 0.3) is 0 Å². The van der Waals surface area contributed by atoms with Crippen molar-refractivity contribution >= 4 is 22.7 Å². The lowest BCUT2D eigenvalue weighted by Gasteiger charge is -2.33. The van der Waals surface area contributed by atoms with Crippen molar-refractivity contribution in [1.82, 2.24) is 15.2 Å². The monoisotopic (exact) mass is 567 g/mol. The number of aromatic nitrogens is 1. The molecule has 1 saturated carbocycles. The van der Waals surface area contributed by atoms with Gasteiger partial charge in [-0.3, -0.25) is 24.8 Å². The summed E-state index contributed by atoms with van der Waals surface area (Å²) in [7, 11) is 0. The molecule has 3 saturated heterocycles. The van der Waals surface area contributed by atoms with Gasteiger partial charge in [-0.05, 0) is 61.4 Å². The first-order valence-corrected chi connectivity index (χ1v) is 14.0. The van der Waals surface area contributed by atoms with Gasteiger partial charge in [0.15, 0.2) is 0 Å². The van der Waals surface area contributed by atoms with Gasteiger partial charge in [-0.1, -0.05) is 30.3 Å². The zero-order valence-corrected chi connectivity index (χ0v) is 22.5. The minimum absolute atomic E-state index is 0.138. The zero-order chi connectivity index (χ0) is 28.8. The van der Waals surface area contributed by atoms with Gasteiger partial charge < -0.3 is 4.74 Å². The molecule has 3 atom stereocenters.